The molecular weight excluding hydrogens is 631 g/mol. The third kappa shape index (κ3) is 4.82. The number of benzene rings is 8. The van der Waals surface area contributed by atoms with E-state index in [4.69, 9.17) is 0 Å². The Bertz CT molecular complexity index is 2850. The first-order valence-corrected chi connectivity index (χ1v) is 18.2. The van der Waals surface area contributed by atoms with Gasteiger partial charge in [-0.15, -0.1) is 22.7 Å². The summed E-state index contributed by atoms with van der Waals surface area (Å²) in [6, 6.07) is 64.5. The van der Waals surface area contributed by atoms with Crippen molar-refractivity contribution in [3.8, 4) is 22.3 Å². The Morgan fingerprint density at radius 2 is 0.857 bits per heavy atom. The van der Waals surface area contributed by atoms with Crippen molar-refractivity contribution in [1.29, 1.82) is 0 Å². The van der Waals surface area contributed by atoms with Crippen LogP contribution in [0.3, 0.4) is 0 Å². The monoisotopic (exact) mass is 659 g/mol. The maximum atomic E-state index is 2.42. The summed E-state index contributed by atoms with van der Waals surface area (Å²) in [4.78, 5) is 2.42. The normalized spacial score (nSPS) is 11.7. The van der Waals surface area contributed by atoms with Crippen molar-refractivity contribution in [2.24, 2.45) is 0 Å². The third-order valence-electron chi connectivity index (χ3n) is 9.64. The van der Waals surface area contributed by atoms with Crippen molar-refractivity contribution in [3.05, 3.63) is 176 Å². The van der Waals surface area contributed by atoms with Gasteiger partial charge in [0.25, 0.3) is 0 Å². The molecule has 0 saturated heterocycles. The second-order valence-electron chi connectivity index (χ2n) is 12.6. The zero-order chi connectivity index (χ0) is 32.3. The van der Waals surface area contributed by atoms with Crippen LogP contribution in [0.2, 0.25) is 0 Å². The molecule has 49 heavy (non-hydrogen) atoms. The molecule has 0 radical (unpaired) electrons. The van der Waals surface area contributed by atoms with Gasteiger partial charge in [-0.05, 0) is 93.7 Å². The topological polar surface area (TPSA) is 3.24 Å². The molecule has 0 aliphatic heterocycles. The highest BCUT2D eigenvalue weighted by molar-refractivity contribution is 7.26. The number of hydrogen-bond acceptors (Lipinski definition) is 3. The van der Waals surface area contributed by atoms with Crippen LogP contribution >= 0.6 is 22.7 Å². The standard InChI is InChI=1S/C46H29NS2/c1-2-16-37-30(10-1)11-9-19-38(37)33-14-7-12-31(26-33)32-13-8-15-34(27-32)47(35-23-25-45-42(28-35)40-18-4-6-21-44(40)48-45)36-22-24-41-39-17-3-5-20-43(39)49-46(41)29-36/h1-29H. The van der Waals surface area contributed by atoms with Crippen LogP contribution in [0.25, 0.3) is 73.4 Å². The molecule has 10 rings (SSSR count). The Kier molecular flexibility index (Phi) is 6.61. The van der Waals surface area contributed by atoms with E-state index in [1.807, 2.05) is 22.7 Å². The molecule has 0 aliphatic carbocycles. The lowest BCUT2D eigenvalue weighted by Crippen LogP contribution is -2.09. The minimum Gasteiger partial charge on any atom is -0.310 e. The quantitative estimate of drug-likeness (QED) is 0.178. The molecular formula is C46H29NS2. The Hall–Kier alpha value is -5.74. The first kappa shape index (κ1) is 28.3. The average molecular weight is 660 g/mol. The van der Waals surface area contributed by atoms with Crippen molar-refractivity contribution in [3.63, 3.8) is 0 Å². The summed E-state index contributed by atoms with van der Waals surface area (Å²) in [5.41, 5.74) is 8.30. The minimum atomic E-state index is 1.13. The van der Waals surface area contributed by atoms with Gasteiger partial charge < -0.3 is 4.90 Å². The molecule has 10 aromatic rings. The van der Waals surface area contributed by atoms with Gasteiger partial charge in [0.15, 0.2) is 0 Å². The van der Waals surface area contributed by atoms with Gasteiger partial charge >= 0.3 is 0 Å². The predicted molar refractivity (Wildman–Crippen MR) is 215 cm³/mol. The summed E-state index contributed by atoms with van der Waals surface area (Å²) in [6.07, 6.45) is 0. The molecule has 8 aromatic carbocycles. The Morgan fingerprint density at radius 1 is 0.306 bits per heavy atom. The molecule has 0 unspecified atom stereocenters. The van der Waals surface area contributed by atoms with Gasteiger partial charge in [-0.25, -0.2) is 0 Å². The van der Waals surface area contributed by atoms with E-state index in [1.54, 1.807) is 0 Å². The van der Waals surface area contributed by atoms with Gasteiger partial charge in [-0.1, -0.05) is 115 Å². The Labute approximate surface area is 292 Å². The summed E-state index contributed by atoms with van der Waals surface area (Å²) in [6.45, 7) is 0. The van der Waals surface area contributed by atoms with Crippen LogP contribution in [0, 0.1) is 0 Å². The SMILES string of the molecule is c1cc(-c2cccc(N(c3ccc4c(c3)sc3ccccc34)c3ccc4sc5ccccc5c4c3)c2)cc(-c2cccc3ccccc23)c1. The second kappa shape index (κ2) is 11.5. The van der Waals surface area contributed by atoms with Gasteiger partial charge in [-0.2, -0.15) is 0 Å². The van der Waals surface area contributed by atoms with Crippen molar-refractivity contribution in [2.75, 3.05) is 4.90 Å². The van der Waals surface area contributed by atoms with E-state index in [-0.39, 0.29) is 0 Å². The van der Waals surface area contributed by atoms with E-state index in [1.165, 1.54) is 73.4 Å². The van der Waals surface area contributed by atoms with Gasteiger partial charge in [-0.3, -0.25) is 0 Å². The minimum absolute atomic E-state index is 1.13. The molecule has 0 spiro atoms. The molecule has 0 atom stereocenters. The van der Waals surface area contributed by atoms with E-state index >= 15 is 0 Å². The van der Waals surface area contributed by atoms with Crippen LogP contribution in [-0.4, -0.2) is 0 Å². The fraction of sp³-hybridized carbons (Fsp3) is 0. The van der Waals surface area contributed by atoms with Crippen molar-refractivity contribution in [2.45, 2.75) is 0 Å². The number of rotatable bonds is 5. The first-order valence-electron chi connectivity index (χ1n) is 16.6. The van der Waals surface area contributed by atoms with Gasteiger partial charge in [0.2, 0.25) is 0 Å². The molecule has 1 nitrogen and oxygen atoms in total. The van der Waals surface area contributed by atoms with Crippen LogP contribution in [0.15, 0.2) is 176 Å². The number of nitrogens with zero attached hydrogens (tertiary/aromatic N) is 1. The highest BCUT2D eigenvalue weighted by Gasteiger charge is 2.17. The summed E-state index contributed by atoms with van der Waals surface area (Å²) in [7, 11) is 0. The van der Waals surface area contributed by atoms with Gasteiger partial charge in [0, 0.05) is 57.4 Å². The number of thiophene rings is 2. The van der Waals surface area contributed by atoms with Crippen LogP contribution in [-0.2, 0) is 0 Å². The van der Waals surface area contributed by atoms with E-state index in [9.17, 15) is 0 Å². The molecule has 230 valence electrons. The lowest BCUT2D eigenvalue weighted by Gasteiger charge is -2.26. The van der Waals surface area contributed by atoms with Crippen molar-refractivity contribution in [1.82, 2.24) is 0 Å². The predicted octanol–water partition coefficient (Wildman–Crippen LogP) is 14.4. The number of hydrogen-bond donors (Lipinski definition) is 0. The molecule has 0 amide bonds. The molecule has 2 aromatic heterocycles. The maximum Gasteiger partial charge on any atom is 0.0476 e. The van der Waals surface area contributed by atoms with Gasteiger partial charge in [0.1, 0.15) is 0 Å². The summed E-state index contributed by atoms with van der Waals surface area (Å²) >= 11 is 3.73. The molecule has 2 heterocycles. The fourth-order valence-electron chi connectivity index (χ4n) is 7.32. The van der Waals surface area contributed by atoms with Crippen molar-refractivity contribution >= 4 is 90.9 Å². The summed E-state index contributed by atoms with van der Waals surface area (Å²) in [5.74, 6) is 0. The van der Waals surface area contributed by atoms with E-state index in [0.717, 1.165) is 17.1 Å². The second-order valence-corrected chi connectivity index (χ2v) is 14.7. The maximum absolute atomic E-state index is 2.42. The molecule has 0 aliphatic rings. The lowest BCUT2D eigenvalue weighted by molar-refractivity contribution is 1.30. The van der Waals surface area contributed by atoms with Crippen LogP contribution in [0.5, 0.6) is 0 Å². The fourth-order valence-corrected chi connectivity index (χ4v) is 9.55. The summed E-state index contributed by atoms with van der Waals surface area (Å²) < 4.78 is 5.25. The largest absolute Gasteiger partial charge is 0.310 e. The lowest BCUT2D eigenvalue weighted by atomic mass is 9.95. The Balaban J connectivity index is 1.14. The zero-order valence-corrected chi connectivity index (χ0v) is 28.1. The van der Waals surface area contributed by atoms with E-state index < -0.39 is 0 Å². The van der Waals surface area contributed by atoms with E-state index in [0.29, 0.717) is 0 Å². The molecule has 0 saturated carbocycles. The van der Waals surface area contributed by atoms with Crippen LogP contribution in [0.1, 0.15) is 0 Å². The highest BCUT2D eigenvalue weighted by Crippen LogP contribution is 2.44. The molecule has 0 N–H and O–H groups in total. The van der Waals surface area contributed by atoms with Crippen molar-refractivity contribution < 1.29 is 0 Å². The Morgan fingerprint density at radius 3 is 1.71 bits per heavy atom. The smallest absolute Gasteiger partial charge is 0.0476 e. The molecule has 0 bridgehead atoms. The number of anilines is 3. The van der Waals surface area contributed by atoms with Gasteiger partial charge in [0.05, 0.1) is 0 Å². The molecule has 3 heteroatoms. The van der Waals surface area contributed by atoms with E-state index in [2.05, 4.69) is 181 Å². The zero-order valence-electron chi connectivity index (χ0n) is 26.5. The van der Waals surface area contributed by atoms with Crippen LogP contribution < -0.4 is 4.90 Å². The summed E-state index contributed by atoms with van der Waals surface area (Å²) in [5, 5.41) is 7.76. The number of fused-ring (bicyclic) bond motifs is 7. The molecule has 0 fully saturated rings. The highest BCUT2D eigenvalue weighted by atomic mass is 32.1. The first-order chi connectivity index (χ1) is 24.3. The third-order valence-corrected chi connectivity index (χ3v) is 11.9. The van der Waals surface area contributed by atoms with Crippen LogP contribution in [0.4, 0.5) is 17.1 Å². The average Bonchev–Trinajstić information content (AvgIpc) is 3.73.